The molecular weight excluding hydrogens is 440 g/mol. The Morgan fingerprint density at radius 2 is 1.97 bits per heavy atom. The number of anilines is 1. The molecule has 0 saturated heterocycles. The van der Waals surface area contributed by atoms with Crippen molar-refractivity contribution in [2.75, 3.05) is 25.7 Å². The van der Waals surface area contributed by atoms with Crippen LogP contribution in [0.4, 0.5) is 5.69 Å². The molecule has 0 aliphatic heterocycles. The highest BCUT2D eigenvalue weighted by atomic mass is 16.5. The van der Waals surface area contributed by atoms with E-state index in [1.165, 1.54) is 16.8 Å². The molecule has 1 aliphatic carbocycles. The third kappa shape index (κ3) is 5.36. The van der Waals surface area contributed by atoms with Crippen LogP contribution in [0.3, 0.4) is 0 Å². The van der Waals surface area contributed by atoms with Crippen molar-refractivity contribution in [1.82, 2.24) is 25.5 Å². The number of ether oxygens (including phenoxy) is 2. The van der Waals surface area contributed by atoms with E-state index in [0.717, 1.165) is 25.7 Å². The largest absolute Gasteiger partial charge is 0.497 e. The molecule has 11 nitrogen and oxygen atoms in total. The maximum Gasteiger partial charge on any atom is 0.251 e. The number of aromatic nitrogens is 4. The highest BCUT2D eigenvalue weighted by Crippen LogP contribution is 2.32. The zero-order valence-electron chi connectivity index (χ0n) is 19.5. The SMILES string of the molecule is COc1ccc(N(CC(=O)NC2CCCC2)C(=O)Cn2nnc(-c3ccc(C)o3)n2)c(OC)c1. The maximum atomic E-state index is 13.4. The minimum Gasteiger partial charge on any atom is -0.497 e. The van der Waals surface area contributed by atoms with Gasteiger partial charge < -0.3 is 19.2 Å². The number of hydrogen-bond donors (Lipinski definition) is 1. The normalized spacial score (nSPS) is 13.6. The van der Waals surface area contributed by atoms with Crippen molar-refractivity contribution < 1.29 is 23.5 Å². The van der Waals surface area contributed by atoms with Crippen molar-refractivity contribution in [3.8, 4) is 23.1 Å². The molecule has 1 aliphatic rings. The van der Waals surface area contributed by atoms with E-state index in [0.29, 0.717) is 28.7 Å². The molecule has 1 aromatic carbocycles. The van der Waals surface area contributed by atoms with Crippen LogP contribution in [0.1, 0.15) is 31.4 Å². The summed E-state index contributed by atoms with van der Waals surface area (Å²) >= 11 is 0. The summed E-state index contributed by atoms with van der Waals surface area (Å²) < 4.78 is 16.3. The van der Waals surface area contributed by atoms with Gasteiger partial charge in [-0.25, -0.2) is 0 Å². The molecule has 1 N–H and O–H groups in total. The lowest BCUT2D eigenvalue weighted by molar-refractivity contribution is -0.124. The number of carbonyl (C=O) groups excluding carboxylic acids is 2. The predicted octanol–water partition coefficient (Wildman–Crippen LogP) is 2.35. The molecule has 0 radical (unpaired) electrons. The van der Waals surface area contributed by atoms with Gasteiger partial charge in [-0.05, 0) is 49.2 Å². The van der Waals surface area contributed by atoms with Crippen molar-refractivity contribution in [3.05, 3.63) is 36.1 Å². The lowest BCUT2D eigenvalue weighted by Crippen LogP contribution is -2.45. The third-order valence-corrected chi connectivity index (χ3v) is 5.69. The molecule has 2 heterocycles. The standard InChI is InChI=1S/C23H28N6O5/c1-15-8-11-19(34-15)23-25-27-29(26-23)14-22(31)28(13-21(30)24-16-6-4-5-7-16)18-10-9-17(32-2)12-20(18)33-3/h8-12,16H,4-7,13-14H2,1-3H3,(H,24,30). The average Bonchev–Trinajstić information content (AvgIpc) is 3.60. The summed E-state index contributed by atoms with van der Waals surface area (Å²) in [5, 5.41) is 15.2. The Kier molecular flexibility index (Phi) is 7.09. The van der Waals surface area contributed by atoms with Crippen LogP contribution in [0.5, 0.6) is 11.5 Å². The Labute approximate surface area is 197 Å². The third-order valence-electron chi connectivity index (χ3n) is 5.69. The first-order chi connectivity index (χ1) is 16.5. The molecule has 180 valence electrons. The Morgan fingerprint density at radius 1 is 1.18 bits per heavy atom. The number of methoxy groups -OCH3 is 2. The number of carbonyl (C=O) groups is 2. The number of aryl methyl sites for hydroxylation is 1. The van der Waals surface area contributed by atoms with Gasteiger partial charge in [0.05, 0.1) is 19.9 Å². The molecule has 11 heteroatoms. The molecule has 1 fully saturated rings. The van der Waals surface area contributed by atoms with Crippen LogP contribution < -0.4 is 19.7 Å². The van der Waals surface area contributed by atoms with E-state index in [2.05, 4.69) is 20.7 Å². The highest BCUT2D eigenvalue weighted by Gasteiger charge is 2.26. The van der Waals surface area contributed by atoms with E-state index in [1.54, 1.807) is 37.4 Å². The number of tetrazole rings is 1. The van der Waals surface area contributed by atoms with E-state index in [9.17, 15) is 9.59 Å². The number of rotatable bonds is 9. The van der Waals surface area contributed by atoms with Crippen LogP contribution in [0.25, 0.3) is 11.6 Å². The van der Waals surface area contributed by atoms with Gasteiger partial charge in [0, 0.05) is 12.1 Å². The summed E-state index contributed by atoms with van der Waals surface area (Å²) in [7, 11) is 3.04. The van der Waals surface area contributed by atoms with Crippen molar-refractivity contribution in [2.24, 2.45) is 0 Å². The van der Waals surface area contributed by atoms with E-state index in [4.69, 9.17) is 13.9 Å². The van der Waals surface area contributed by atoms with Gasteiger partial charge in [0.1, 0.15) is 30.3 Å². The molecular formula is C23H28N6O5. The Balaban J connectivity index is 1.56. The summed E-state index contributed by atoms with van der Waals surface area (Å²) in [6.45, 7) is 1.42. The predicted molar refractivity (Wildman–Crippen MR) is 123 cm³/mol. The lowest BCUT2D eigenvalue weighted by Gasteiger charge is -2.25. The fourth-order valence-corrected chi connectivity index (χ4v) is 3.97. The zero-order valence-corrected chi connectivity index (χ0v) is 19.5. The number of furan rings is 1. The molecule has 0 atom stereocenters. The maximum absolute atomic E-state index is 13.4. The summed E-state index contributed by atoms with van der Waals surface area (Å²) in [6.07, 6.45) is 4.08. The summed E-state index contributed by atoms with van der Waals surface area (Å²) in [6, 6.07) is 8.72. The van der Waals surface area contributed by atoms with Crippen molar-refractivity contribution in [2.45, 2.75) is 45.2 Å². The quantitative estimate of drug-likeness (QED) is 0.507. The first kappa shape index (κ1) is 23.3. The molecule has 4 rings (SSSR count). The second kappa shape index (κ2) is 10.4. The first-order valence-electron chi connectivity index (χ1n) is 11.1. The molecule has 2 amide bonds. The van der Waals surface area contributed by atoms with Crippen LogP contribution in [-0.4, -0.2) is 58.8 Å². The number of nitrogens with zero attached hydrogens (tertiary/aromatic N) is 5. The van der Waals surface area contributed by atoms with Crippen molar-refractivity contribution in [1.29, 1.82) is 0 Å². The molecule has 2 aromatic heterocycles. The number of benzene rings is 1. The average molecular weight is 469 g/mol. The van der Waals surface area contributed by atoms with Gasteiger partial charge >= 0.3 is 0 Å². The topological polar surface area (TPSA) is 125 Å². The van der Waals surface area contributed by atoms with E-state index < -0.39 is 5.91 Å². The van der Waals surface area contributed by atoms with Crippen molar-refractivity contribution in [3.63, 3.8) is 0 Å². The smallest absolute Gasteiger partial charge is 0.251 e. The van der Waals surface area contributed by atoms with Gasteiger partial charge in [-0.2, -0.15) is 4.80 Å². The number of amides is 2. The van der Waals surface area contributed by atoms with Crippen molar-refractivity contribution >= 4 is 17.5 Å². The highest BCUT2D eigenvalue weighted by molar-refractivity contribution is 5.99. The molecule has 34 heavy (non-hydrogen) atoms. The van der Waals surface area contributed by atoms with E-state index >= 15 is 0 Å². The number of nitrogens with one attached hydrogen (secondary N) is 1. The summed E-state index contributed by atoms with van der Waals surface area (Å²) in [5.74, 6) is 1.78. The fourth-order valence-electron chi connectivity index (χ4n) is 3.97. The Hall–Kier alpha value is -3.89. The van der Waals surface area contributed by atoms with Gasteiger partial charge in [0.2, 0.25) is 11.7 Å². The van der Waals surface area contributed by atoms with Gasteiger partial charge in [0.25, 0.3) is 5.91 Å². The monoisotopic (exact) mass is 468 g/mol. The van der Waals surface area contributed by atoms with E-state index in [-0.39, 0.29) is 30.9 Å². The fraction of sp³-hybridized carbons (Fsp3) is 0.435. The van der Waals surface area contributed by atoms with Gasteiger partial charge in [0.15, 0.2) is 5.76 Å². The Morgan fingerprint density at radius 3 is 2.65 bits per heavy atom. The second-order valence-corrected chi connectivity index (χ2v) is 8.12. The first-order valence-corrected chi connectivity index (χ1v) is 11.1. The van der Waals surface area contributed by atoms with Crippen LogP contribution >= 0.6 is 0 Å². The summed E-state index contributed by atoms with van der Waals surface area (Å²) in [5.41, 5.74) is 0.442. The second-order valence-electron chi connectivity index (χ2n) is 8.12. The molecule has 0 unspecified atom stereocenters. The van der Waals surface area contributed by atoms with Crippen LogP contribution in [0, 0.1) is 6.92 Å². The van der Waals surface area contributed by atoms with Gasteiger partial charge in [-0.15, -0.1) is 10.2 Å². The zero-order chi connectivity index (χ0) is 24.1. The number of hydrogen-bond acceptors (Lipinski definition) is 8. The van der Waals surface area contributed by atoms with Crippen LogP contribution in [0.15, 0.2) is 34.7 Å². The minimum atomic E-state index is -0.399. The van der Waals surface area contributed by atoms with E-state index in [1.807, 2.05) is 6.92 Å². The van der Waals surface area contributed by atoms with Crippen LogP contribution in [-0.2, 0) is 16.1 Å². The molecule has 1 saturated carbocycles. The minimum absolute atomic E-state index is 0.138. The van der Waals surface area contributed by atoms with Gasteiger partial charge in [-0.1, -0.05) is 12.8 Å². The van der Waals surface area contributed by atoms with Crippen LogP contribution in [0.2, 0.25) is 0 Å². The Bertz CT molecular complexity index is 1150. The molecule has 0 bridgehead atoms. The molecule has 3 aromatic rings. The summed E-state index contributed by atoms with van der Waals surface area (Å²) in [4.78, 5) is 28.7. The lowest BCUT2D eigenvalue weighted by atomic mass is 10.2. The molecule has 0 spiro atoms. The van der Waals surface area contributed by atoms with Gasteiger partial charge in [-0.3, -0.25) is 14.5 Å².